The maximum atomic E-state index is 12.9. The summed E-state index contributed by atoms with van der Waals surface area (Å²) in [4.78, 5) is 25.4. The van der Waals surface area contributed by atoms with Gasteiger partial charge in [-0.3, -0.25) is 9.36 Å². The first-order chi connectivity index (χ1) is 32.5. The highest BCUT2D eigenvalue weighted by Crippen LogP contribution is 2.38. The van der Waals surface area contributed by atoms with E-state index in [1.165, 1.54) is 141 Å². The molecule has 3 unspecified atom stereocenters. The van der Waals surface area contributed by atoms with Crippen LogP contribution in [0.4, 0.5) is 0 Å². The van der Waals surface area contributed by atoms with Gasteiger partial charge in [0.05, 0.1) is 39.9 Å². The molecule has 0 aromatic heterocycles. The van der Waals surface area contributed by atoms with Crippen LogP contribution in [0.1, 0.15) is 226 Å². The van der Waals surface area contributed by atoms with E-state index in [2.05, 4.69) is 79.9 Å². The molecular formula is C58H105N2O6P. The van der Waals surface area contributed by atoms with Crippen LogP contribution < -0.4 is 10.2 Å². The van der Waals surface area contributed by atoms with Crippen molar-refractivity contribution in [1.82, 2.24) is 5.32 Å². The third kappa shape index (κ3) is 51.4. The highest BCUT2D eigenvalue weighted by atomic mass is 31.2. The van der Waals surface area contributed by atoms with Gasteiger partial charge in [-0.1, -0.05) is 247 Å². The normalized spacial score (nSPS) is 14.7. The van der Waals surface area contributed by atoms with E-state index in [4.69, 9.17) is 9.05 Å². The van der Waals surface area contributed by atoms with Gasteiger partial charge >= 0.3 is 0 Å². The number of quaternary nitrogens is 1. The molecule has 388 valence electrons. The summed E-state index contributed by atoms with van der Waals surface area (Å²) >= 11 is 0. The second kappa shape index (κ2) is 48.7. The van der Waals surface area contributed by atoms with Crippen molar-refractivity contribution in [2.45, 2.75) is 238 Å². The van der Waals surface area contributed by atoms with Crippen LogP contribution in [-0.2, 0) is 18.4 Å². The average molecular weight is 957 g/mol. The molecular weight excluding hydrogens is 852 g/mol. The standard InChI is InChI=1S/C58H105N2O6P/c1-6-8-10-12-14-16-18-20-22-24-26-27-28-29-30-31-32-34-35-37-39-41-43-45-47-49-51-57(61)56(55-66-67(63,64)65-54-53-60(3,4)5)59-58(62)52-50-48-46-44-42-40-38-36-33-25-23-21-19-17-15-13-11-9-7-2/h9,11,15,17,21,23,33,36,40,42,46,48-49,51,56-57,61H,6-8,10,12-14,16,18-20,22,24-32,34-35,37-39,41,43-45,47,50,52-55H2,1-5H3,(H-,59,62,63,64)/b11-9-,17-15-,23-21-,36-33-,42-40-,48-46-,51-49+. The van der Waals surface area contributed by atoms with E-state index in [0.29, 0.717) is 17.4 Å². The molecule has 0 aliphatic rings. The van der Waals surface area contributed by atoms with Crippen LogP contribution in [0.25, 0.3) is 0 Å². The molecule has 0 bridgehead atoms. The number of amides is 1. The number of rotatable bonds is 49. The van der Waals surface area contributed by atoms with Gasteiger partial charge < -0.3 is 28.8 Å². The molecule has 0 radical (unpaired) electrons. The SMILES string of the molecule is CC/C=C\C/C=C\C/C=C\C/C=C\C/C=C\C/C=C\CCC(=O)NC(COP(=O)([O-])OCC[N+](C)(C)C)C(O)/C=C/CCCCCCCCCCCCCCCCCCCCCCCCCC. The van der Waals surface area contributed by atoms with Crippen molar-refractivity contribution in [2.24, 2.45) is 0 Å². The maximum absolute atomic E-state index is 12.9. The zero-order valence-electron chi connectivity index (χ0n) is 44.1. The first kappa shape index (κ1) is 64.7. The lowest BCUT2D eigenvalue weighted by Crippen LogP contribution is -2.45. The average Bonchev–Trinajstić information content (AvgIpc) is 3.29. The van der Waals surface area contributed by atoms with Gasteiger partial charge in [0, 0.05) is 6.42 Å². The Hall–Kier alpha value is -2.32. The summed E-state index contributed by atoms with van der Waals surface area (Å²) in [7, 11) is 1.21. The Bertz CT molecular complexity index is 1360. The minimum absolute atomic E-state index is 0.0185. The number of likely N-dealkylation sites (N-methyl/N-ethyl adjacent to an activating group) is 1. The number of aliphatic hydroxyl groups is 1. The second-order valence-electron chi connectivity index (χ2n) is 19.6. The zero-order chi connectivity index (χ0) is 49.2. The number of hydrogen-bond donors (Lipinski definition) is 2. The lowest BCUT2D eigenvalue weighted by Gasteiger charge is -2.29. The molecule has 67 heavy (non-hydrogen) atoms. The van der Waals surface area contributed by atoms with Crippen LogP contribution in [0, 0.1) is 0 Å². The van der Waals surface area contributed by atoms with Gasteiger partial charge in [0.1, 0.15) is 13.2 Å². The van der Waals surface area contributed by atoms with Crippen LogP contribution in [0.2, 0.25) is 0 Å². The van der Waals surface area contributed by atoms with Gasteiger partial charge in [-0.05, 0) is 57.8 Å². The molecule has 0 spiro atoms. The van der Waals surface area contributed by atoms with Crippen molar-refractivity contribution in [2.75, 3.05) is 40.9 Å². The number of phosphoric acid groups is 1. The summed E-state index contributed by atoms with van der Waals surface area (Å²) in [6.07, 6.45) is 68.2. The number of nitrogens with one attached hydrogen (secondary N) is 1. The third-order valence-electron chi connectivity index (χ3n) is 11.9. The van der Waals surface area contributed by atoms with E-state index in [1.807, 2.05) is 39.4 Å². The van der Waals surface area contributed by atoms with E-state index >= 15 is 0 Å². The largest absolute Gasteiger partial charge is 0.756 e. The number of carbonyl (C=O) groups excluding carboxylic acids is 1. The molecule has 0 aliphatic carbocycles. The molecule has 0 aromatic rings. The Balaban J connectivity index is 4.34. The van der Waals surface area contributed by atoms with Gasteiger partial charge in [-0.2, -0.15) is 0 Å². The Morgan fingerprint density at radius 3 is 1.30 bits per heavy atom. The number of aliphatic hydroxyl groups excluding tert-OH is 1. The number of unbranched alkanes of at least 4 members (excludes halogenated alkanes) is 24. The summed E-state index contributed by atoms with van der Waals surface area (Å²) in [5.41, 5.74) is 0. The van der Waals surface area contributed by atoms with Gasteiger partial charge in [-0.15, -0.1) is 0 Å². The summed E-state index contributed by atoms with van der Waals surface area (Å²) in [6, 6.07) is -0.933. The molecule has 0 fully saturated rings. The van der Waals surface area contributed by atoms with E-state index < -0.39 is 26.6 Å². The Morgan fingerprint density at radius 1 is 0.537 bits per heavy atom. The highest BCUT2D eigenvalue weighted by molar-refractivity contribution is 7.45. The molecule has 0 aliphatic heterocycles. The smallest absolute Gasteiger partial charge is 0.268 e. The van der Waals surface area contributed by atoms with E-state index in [9.17, 15) is 19.4 Å². The molecule has 0 heterocycles. The van der Waals surface area contributed by atoms with Crippen LogP contribution >= 0.6 is 7.82 Å². The predicted molar refractivity (Wildman–Crippen MR) is 288 cm³/mol. The van der Waals surface area contributed by atoms with Gasteiger partial charge in [-0.25, -0.2) is 0 Å². The molecule has 1 amide bonds. The van der Waals surface area contributed by atoms with Crippen molar-refractivity contribution in [3.05, 3.63) is 85.1 Å². The quantitative estimate of drug-likeness (QED) is 0.0272. The third-order valence-corrected chi connectivity index (χ3v) is 12.8. The molecule has 0 aromatic carbocycles. The van der Waals surface area contributed by atoms with Crippen molar-refractivity contribution >= 4 is 13.7 Å². The van der Waals surface area contributed by atoms with Crippen LogP contribution in [-0.4, -0.2) is 68.5 Å². The predicted octanol–water partition coefficient (Wildman–Crippen LogP) is 15.8. The second-order valence-corrected chi connectivity index (χ2v) is 21.0. The molecule has 3 atom stereocenters. The fourth-order valence-electron chi connectivity index (χ4n) is 7.59. The lowest BCUT2D eigenvalue weighted by atomic mass is 10.0. The van der Waals surface area contributed by atoms with E-state index in [1.54, 1.807) is 6.08 Å². The van der Waals surface area contributed by atoms with Crippen LogP contribution in [0.5, 0.6) is 0 Å². The first-order valence-electron chi connectivity index (χ1n) is 27.4. The van der Waals surface area contributed by atoms with Crippen molar-refractivity contribution in [3.8, 4) is 0 Å². The number of allylic oxidation sites excluding steroid dienone is 13. The van der Waals surface area contributed by atoms with Crippen molar-refractivity contribution in [1.29, 1.82) is 0 Å². The molecule has 0 rings (SSSR count). The summed E-state index contributed by atoms with van der Waals surface area (Å²) < 4.78 is 23.3. The number of phosphoric ester groups is 1. The zero-order valence-corrected chi connectivity index (χ0v) is 45.0. The van der Waals surface area contributed by atoms with Crippen molar-refractivity contribution < 1.29 is 32.9 Å². The van der Waals surface area contributed by atoms with Gasteiger partial charge in [0.15, 0.2) is 0 Å². The number of nitrogens with zero attached hydrogens (tertiary/aromatic N) is 1. The summed E-state index contributed by atoms with van der Waals surface area (Å²) in [6.45, 7) is 4.48. The molecule has 0 saturated carbocycles. The molecule has 8 nitrogen and oxygen atoms in total. The fraction of sp³-hybridized carbons (Fsp3) is 0.741. The molecule has 2 N–H and O–H groups in total. The number of carbonyl (C=O) groups is 1. The van der Waals surface area contributed by atoms with E-state index in [0.717, 1.165) is 57.8 Å². The van der Waals surface area contributed by atoms with Crippen molar-refractivity contribution in [3.63, 3.8) is 0 Å². The summed E-state index contributed by atoms with van der Waals surface area (Å²) in [5.74, 6) is -0.280. The molecule has 9 heteroatoms. The summed E-state index contributed by atoms with van der Waals surface area (Å²) in [5, 5.41) is 13.8. The number of hydrogen-bond acceptors (Lipinski definition) is 6. The Kier molecular flexibility index (Phi) is 47.0. The Labute approximate surface area is 414 Å². The minimum Gasteiger partial charge on any atom is -0.756 e. The monoisotopic (exact) mass is 957 g/mol. The topological polar surface area (TPSA) is 108 Å². The maximum Gasteiger partial charge on any atom is 0.268 e. The Morgan fingerprint density at radius 2 is 0.910 bits per heavy atom. The van der Waals surface area contributed by atoms with E-state index in [-0.39, 0.29) is 18.9 Å². The van der Waals surface area contributed by atoms with Crippen LogP contribution in [0.15, 0.2) is 85.1 Å². The minimum atomic E-state index is -4.62. The van der Waals surface area contributed by atoms with Gasteiger partial charge in [0.25, 0.3) is 7.82 Å². The lowest BCUT2D eigenvalue weighted by molar-refractivity contribution is -0.870. The highest BCUT2D eigenvalue weighted by Gasteiger charge is 2.23. The van der Waals surface area contributed by atoms with Crippen LogP contribution in [0.3, 0.4) is 0 Å². The first-order valence-corrected chi connectivity index (χ1v) is 28.9. The molecule has 0 saturated heterocycles. The van der Waals surface area contributed by atoms with Gasteiger partial charge in [0.2, 0.25) is 5.91 Å². The fourth-order valence-corrected chi connectivity index (χ4v) is 8.31.